The summed E-state index contributed by atoms with van der Waals surface area (Å²) in [4.78, 5) is 13.9. The van der Waals surface area contributed by atoms with Crippen molar-refractivity contribution < 1.29 is 22.7 Å². The number of carbonyl (C=O) groups excluding carboxylic acids is 1. The lowest BCUT2D eigenvalue weighted by Gasteiger charge is -2.21. The van der Waals surface area contributed by atoms with E-state index in [2.05, 4.69) is 10.2 Å². The lowest BCUT2D eigenvalue weighted by molar-refractivity contribution is -0.137. The van der Waals surface area contributed by atoms with Crippen molar-refractivity contribution in [3.8, 4) is 0 Å². The van der Waals surface area contributed by atoms with Crippen molar-refractivity contribution in [2.45, 2.75) is 51.9 Å². The van der Waals surface area contributed by atoms with Crippen LogP contribution in [0.3, 0.4) is 0 Å². The summed E-state index contributed by atoms with van der Waals surface area (Å²) in [5.74, 6) is 0. The van der Waals surface area contributed by atoms with Crippen molar-refractivity contribution in [3.05, 3.63) is 29.3 Å². The summed E-state index contributed by atoms with van der Waals surface area (Å²) in [6.07, 6.45) is -3.12. The van der Waals surface area contributed by atoms with Crippen LogP contribution in [0.2, 0.25) is 0 Å². The average Bonchev–Trinajstić information content (AvgIpc) is 2.87. The van der Waals surface area contributed by atoms with E-state index in [4.69, 9.17) is 4.74 Å². The Hall–Kier alpha value is -1.76. The molecule has 1 aromatic carbocycles. The normalized spacial score (nSPS) is 16.2. The minimum absolute atomic E-state index is 0.0910. The molecule has 0 bridgehead atoms. The van der Waals surface area contributed by atoms with Crippen LogP contribution in [0.5, 0.6) is 0 Å². The fourth-order valence-corrected chi connectivity index (χ4v) is 2.64. The maximum Gasteiger partial charge on any atom is 0.416 e. The van der Waals surface area contributed by atoms with Gasteiger partial charge in [-0.2, -0.15) is 13.2 Å². The lowest BCUT2D eigenvalue weighted by atomic mass is 10.1. The van der Waals surface area contributed by atoms with Crippen molar-refractivity contribution in [2.24, 2.45) is 0 Å². The molecule has 24 heavy (non-hydrogen) atoms. The van der Waals surface area contributed by atoms with Crippen molar-refractivity contribution in [1.29, 1.82) is 0 Å². The number of nitrogens with zero attached hydrogens (tertiary/aromatic N) is 1. The van der Waals surface area contributed by atoms with Crippen molar-refractivity contribution in [2.75, 3.05) is 18.4 Å². The van der Waals surface area contributed by atoms with E-state index < -0.39 is 23.4 Å². The molecule has 1 saturated heterocycles. The molecule has 0 saturated carbocycles. The third kappa shape index (κ3) is 5.70. The van der Waals surface area contributed by atoms with Gasteiger partial charge >= 0.3 is 12.3 Å². The highest BCUT2D eigenvalue weighted by atomic mass is 19.4. The SMILES string of the molecule is CC(C)(C)OC(=O)Nc1cc(CN2CCCC2)cc(C(F)(F)F)c1. The molecule has 4 nitrogen and oxygen atoms in total. The number of nitrogens with one attached hydrogen (secondary N) is 1. The molecule has 0 unspecified atom stereocenters. The Kier molecular flexibility index (Phi) is 5.42. The highest BCUT2D eigenvalue weighted by molar-refractivity contribution is 5.85. The molecule has 7 heteroatoms. The minimum Gasteiger partial charge on any atom is -0.444 e. The fourth-order valence-electron chi connectivity index (χ4n) is 2.64. The van der Waals surface area contributed by atoms with Gasteiger partial charge in [0.2, 0.25) is 0 Å². The van der Waals surface area contributed by atoms with Gasteiger partial charge in [0.05, 0.1) is 5.56 Å². The maximum absolute atomic E-state index is 13.1. The number of carbonyl (C=O) groups is 1. The number of alkyl halides is 3. The zero-order valence-corrected chi connectivity index (χ0v) is 14.2. The number of anilines is 1. The molecule has 1 aliphatic rings. The van der Waals surface area contributed by atoms with Gasteiger partial charge in [-0.3, -0.25) is 10.2 Å². The van der Waals surface area contributed by atoms with E-state index in [9.17, 15) is 18.0 Å². The monoisotopic (exact) mass is 344 g/mol. The van der Waals surface area contributed by atoms with Gasteiger partial charge in [-0.15, -0.1) is 0 Å². The molecule has 1 heterocycles. The summed E-state index contributed by atoms with van der Waals surface area (Å²) in [7, 11) is 0. The summed E-state index contributed by atoms with van der Waals surface area (Å²) >= 11 is 0. The second kappa shape index (κ2) is 7.01. The summed E-state index contributed by atoms with van der Waals surface area (Å²) < 4.78 is 44.4. The summed E-state index contributed by atoms with van der Waals surface area (Å²) in [6.45, 7) is 7.27. The van der Waals surface area contributed by atoms with Gasteiger partial charge < -0.3 is 4.74 Å². The Morgan fingerprint density at radius 2 is 1.79 bits per heavy atom. The Morgan fingerprint density at radius 1 is 1.17 bits per heavy atom. The molecule has 1 fully saturated rings. The van der Waals surface area contributed by atoms with Gasteiger partial charge in [0.25, 0.3) is 0 Å². The second-order valence-electron chi connectivity index (χ2n) is 7.03. The molecular weight excluding hydrogens is 321 g/mol. The van der Waals surface area contributed by atoms with Crippen molar-refractivity contribution in [1.82, 2.24) is 4.90 Å². The van der Waals surface area contributed by atoms with E-state index >= 15 is 0 Å². The van der Waals surface area contributed by atoms with Crippen LogP contribution in [-0.4, -0.2) is 29.7 Å². The first kappa shape index (κ1) is 18.6. The highest BCUT2D eigenvalue weighted by Crippen LogP contribution is 2.32. The van der Waals surface area contributed by atoms with E-state index in [1.54, 1.807) is 26.8 Å². The largest absolute Gasteiger partial charge is 0.444 e. The van der Waals surface area contributed by atoms with E-state index in [-0.39, 0.29) is 5.69 Å². The Balaban J connectivity index is 2.20. The highest BCUT2D eigenvalue weighted by Gasteiger charge is 2.31. The van der Waals surface area contributed by atoms with Crippen LogP contribution in [0, 0.1) is 0 Å². The molecule has 2 rings (SSSR count). The topological polar surface area (TPSA) is 41.6 Å². The first-order valence-corrected chi connectivity index (χ1v) is 7.96. The molecule has 1 aromatic rings. The van der Waals surface area contributed by atoms with Crippen LogP contribution in [0.15, 0.2) is 18.2 Å². The number of ether oxygens (including phenoxy) is 1. The first-order chi connectivity index (χ1) is 11.0. The summed E-state index contributed by atoms with van der Waals surface area (Å²) in [6, 6.07) is 3.63. The van der Waals surface area contributed by atoms with Gasteiger partial charge in [0.1, 0.15) is 5.60 Å². The zero-order valence-electron chi connectivity index (χ0n) is 14.2. The van der Waals surface area contributed by atoms with Gasteiger partial charge in [-0.1, -0.05) is 0 Å². The smallest absolute Gasteiger partial charge is 0.416 e. The number of halogens is 3. The van der Waals surface area contributed by atoms with E-state index in [0.717, 1.165) is 38.1 Å². The number of benzene rings is 1. The predicted molar refractivity (Wildman–Crippen MR) is 85.8 cm³/mol. The fraction of sp³-hybridized carbons (Fsp3) is 0.588. The van der Waals surface area contributed by atoms with Gasteiger partial charge in [-0.05, 0) is 70.5 Å². The van der Waals surface area contributed by atoms with E-state index in [0.29, 0.717) is 12.1 Å². The Labute approximate surface area is 140 Å². The lowest BCUT2D eigenvalue weighted by Crippen LogP contribution is -2.27. The number of rotatable bonds is 3. The minimum atomic E-state index is -4.47. The van der Waals surface area contributed by atoms with Crippen molar-refractivity contribution in [3.63, 3.8) is 0 Å². The molecule has 1 N–H and O–H groups in total. The third-order valence-electron chi connectivity index (χ3n) is 3.57. The standard InChI is InChI=1S/C17H23F3N2O2/c1-16(2,3)24-15(23)21-14-9-12(11-22-6-4-5-7-22)8-13(10-14)17(18,19)20/h8-10H,4-7,11H2,1-3H3,(H,21,23). The number of amides is 1. The Morgan fingerprint density at radius 3 is 2.33 bits per heavy atom. The van der Waals surface area contributed by atoms with Gasteiger partial charge in [-0.25, -0.2) is 4.79 Å². The molecule has 134 valence electrons. The molecule has 1 amide bonds. The summed E-state index contributed by atoms with van der Waals surface area (Å²) in [5, 5.41) is 2.40. The third-order valence-corrected chi connectivity index (χ3v) is 3.57. The summed E-state index contributed by atoms with van der Waals surface area (Å²) in [5.41, 5.74) is -0.874. The van der Waals surface area contributed by atoms with Gasteiger partial charge in [0, 0.05) is 12.2 Å². The molecule has 0 spiro atoms. The predicted octanol–water partition coefficient (Wildman–Crippen LogP) is 4.65. The zero-order chi connectivity index (χ0) is 18.0. The van der Waals surface area contributed by atoms with Crippen LogP contribution in [-0.2, 0) is 17.5 Å². The number of hydrogen-bond donors (Lipinski definition) is 1. The van der Waals surface area contributed by atoms with Crippen LogP contribution in [0.25, 0.3) is 0 Å². The van der Waals surface area contributed by atoms with Crippen LogP contribution in [0.4, 0.5) is 23.7 Å². The molecule has 0 radical (unpaired) electrons. The van der Waals surface area contributed by atoms with Crippen LogP contribution in [0.1, 0.15) is 44.7 Å². The quantitative estimate of drug-likeness (QED) is 0.868. The number of likely N-dealkylation sites (tertiary alicyclic amines) is 1. The Bertz CT molecular complexity index is 588. The first-order valence-electron chi connectivity index (χ1n) is 7.96. The van der Waals surface area contributed by atoms with Crippen molar-refractivity contribution >= 4 is 11.8 Å². The van der Waals surface area contributed by atoms with E-state index in [1.807, 2.05) is 0 Å². The van der Waals surface area contributed by atoms with Gasteiger partial charge in [0.15, 0.2) is 0 Å². The molecule has 0 aliphatic carbocycles. The second-order valence-corrected chi connectivity index (χ2v) is 7.03. The maximum atomic E-state index is 13.1. The molecule has 0 aromatic heterocycles. The van der Waals surface area contributed by atoms with E-state index in [1.165, 1.54) is 0 Å². The van der Waals surface area contributed by atoms with Crippen LogP contribution < -0.4 is 5.32 Å². The average molecular weight is 344 g/mol. The molecule has 1 aliphatic heterocycles. The number of hydrogen-bond acceptors (Lipinski definition) is 3. The van der Waals surface area contributed by atoms with Crippen LogP contribution >= 0.6 is 0 Å². The molecular formula is C17H23F3N2O2. The molecule has 0 atom stereocenters.